The zero-order chi connectivity index (χ0) is 22.2. The Bertz CT molecular complexity index is 1390. The summed E-state index contributed by atoms with van der Waals surface area (Å²) in [5.74, 6) is 1.51. The number of aromatic nitrogens is 8. The second kappa shape index (κ2) is 8.12. The Labute approximate surface area is 191 Å². The van der Waals surface area contributed by atoms with Crippen LogP contribution in [0.15, 0.2) is 53.1 Å². The Hall–Kier alpha value is -3.66. The Morgan fingerprint density at radius 3 is 2.44 bits per heavy atom. The summed E-state index contributed by atoms with van der Waals surface area (Å²) in [6.07, 6.45) is 0. The van der Waals surface area contributed by atoms with Crippen LogP contribution in [-0.2, 0) is 6.54 Å². The van der Waals surface area contributed by atoms with Crippen molar-refractivity contribution in [1.82, 2.24) is 40.4 Å². The zero-order valence-electron chi connectivity index (χ0n) is 17.4. The lowest BCUT2D eigenvalue weighted by molar-refractivity contribution is 0.448. The molecule has 0 saturated heterocycles. The van der Waals surface area contributed by atoms with Crippen LogP contribution in [0.1, 0.15) is 31.2 Å². The van der Waals surface area contributed by atoms with Gasteiger partial charge in [0.15, 0.2) is 10.4 Å². The molecule has 2 aromatic carbocycles. The SMILES string of the molecule is CC(C)c1nc2c(Br)nnc(O)c2n1Cc1ccc(-c2ccccc2-c2nnn[nH]2)cc1. The minimum Gasteiger partial charge on any atom is -0.491 e. The molecule has 5 aromatic rings. The summed E-state index contributed by atoms with van der Waals surface area (Å²) in [6.45, 7) is 4.69. The second-order valence-corrected chi connectivity index (χ2v) is 8.47. The van der Waals surface area contributed by atoms with Crippen LogP contribution < -0.4 is 0 Å². The molecule has 0 atom stereocenters. The number of halogens is 1. The molecule has 9 nitrogen and oxygen atoms in total. The van der Waals surface area contributed by atoms with Crippen LogP contribution in [0.3, 0.4) is 0 Å². The molecule has 160 valence electrons. The van der Waals surface area contributed by atoms with E-state index in [0.29, 0.717) is 28.0 Å². The third-order valence-corrected chi connectivity index (χ3v) is 5.82. The third kappa shape index (κ3) is 3.52. The van der Waals surface area contributed by atoms with Gasteiger partial charge in [-0.1, -0.05) is 62.4 Å². The molecule has 0 bridgehead atoms. The van der Waals surface area contributed by atoms with Crippen LogP contribution in [0, 0.1) is 0 Å². The number of benzene rings is 2. The lowest BCUT2D eigenvalue weighted by Crippen LogP contribution is -2.07. The fourth-order valence-corrected chi connectivity index (χ4v) is 4.17. The summed E-state index contributed by atoms with van der Waals surface area (Å²) in [5, 5.41) is 32.4. The van der Waals surface area contributed by atoms with E-state index in [4.69, 9.17) is 4.98 Å². The molecule has 3 heterocycles. The Morgan fingerprint density at radius 2 is 1.75 bits per heavy atom. The average molecular weight is 491 g/mol. The van der Waals surface area contributed by atoms with Crippen LogP contribution >= 0.6 is 15.9 Å². The van der Waals surface area contributed by atoms with Crippen molar-refractivity contribution in [2.45, 2.75) is 26.3 Å². The highest BCUT2D eigenvalue weighted by atomic mass is 79.9. The van der Waals surface area contributed by atoms with Crippen LogP contribution in [0.4, 0.5) is 0 Å². The van der Waals surface area contributed by atoms with Crippen molar-refractivity contribution < 1.29 is 5.11 Å². The van der Waals surface area contributed by atoms with Gasteiger partial charge in [-0.3, -0.25) is 0 Å². The van der Waals surface area contributed by atoms with Gasteiger partial charge < -0.3 is 9.67 Å². The standard InChI is InChI=1S/C22H19BrN8O/c1-12(2)21-24-17-18(22(32)28-25-19(17)23)31(21)11-13-7-9-14(10-8-13)15-5-3-4-6-16(15)20-26-29-30-27-20/h3-10,12H,11H2,1-2H3,(H,28,32)(H,26,27,29,30). The summed E-state index contributed by atoms with van der Waals surface area (Å²) in [4.78, 5) is 4.71. The van der Waals surface area contributed by atoms with Crippen molar-refractivity contribution >= 4 is 27.0 Å². The maximum atomic E-state index is 10.4. The van der Waals surface area contributed by atoms with E-state index in [0.717, 1.165) is 28.1 Å². The van der Waals surface area contributed by atoms with Gasteiger partial charge >= 0.3 is 0 Å². The third-order valence-electron chi connectivity index (χ3n) is 5.29. The predicted molar refractivity (Wildman–Crippen MR) is 123 cm³/mol. The van der Waals surface area contributed by atoms with Crippen LogP contribution in [0.25, 0.3) is 33.5 Å². The first-order valence-corrected chi connectivity index (χ1v) is 10.9. The molecule has 0 unspecified atom stereocenters. The molecule has 5 rings (SSSR count). The molecule has 10 heteroatoms. The van der Waals surface area contributed by atoms with E-state index in [9.17, 15) is 5.11 Å². The smallest absolute Gasteiger partial charge is 0.257 e. The van der Waals surface area contributed by atoms with E-state index in [2.05, 4.69) is 84.9 Å². The van der Waals surface area contributed by atoms with E-state index in [1.807, 2.05) is 28.8 Å². The number of aromatic amines is 1. The number of hydrogen-bond donors (Lipinski definition) is 2. The van der Waals surface area contributed by atoms with Crippen molar-refractivity contribution in [2.75, 3.05) is 0 Å². The van der Waals surface area contributed by atoms with Crippen molar-refractivity contribution in [1.29, 1.82) is 0 Å². The van der Waals surface area contributed by atoms with Gasteiger partial charge in [0.2, 0.25) is 0 Å². The number of nitrogens with one attached hydrogen (secondary N) is 1. The largest absolute Gasteiger partial charge is 0.491 e. The van der Waals surface area contributed by atoms with E-state index < -0.39 is 0 Å². The fraction of sp³-hybridized carbons (Fsp3) is 0.182. The van der Waals surface area contributed by atoms with Crippen LogP contribution in [0.2, 0.25) is 0 Å². The fourth-order valence-electron chi connectivity index (χ4n) is 3.81. The summed E-state index contributed by atoms with van der Waals surface area (Å²) in [5.41, 5.74) is 5.26. The Morgan fingerprint density at radius 1 is 1.00 bits per heavy atom. The molecule has 32 heavy (non-hydrogen) atoms. The van der Waals surface area contributed by atoms with Crippen molar-refractivity contribution in [3.63, 3.8) is 0 Å². The van der Waals surface area contributed by atoms with Gasteiger partial charge in [0.1, 0.15) is 16.9 Å². The monoisotopic (exact) mass is 490 g/mol. The summed E-state index contributed by atoms with van der Waals surface area (Å²) >= 11 is 3.39. The lowest BCUT2D eigenvalue weighted by atomic mass is 9.98. The average Bonchev–Trinajstić information content (AvgIpc) is 3.46. The minimum absolute atomic E-state index is 0.131. The maximum Gasteiger partial charge on any atom is 0.257 e. The molecule has 0 radical (unpaired) electrons. The normalized spacial score (nSPS) is 11.5. The van der Waals surface area contributed by atoms with Crippen molar-refractivity contribution in [3.8, 4) is 28.4 Å². The van der Waals surface area contributed by atoms with Gasteiger partial charge in [-0.2, -0.15) is 0 Å². The quantitative estimate of drug-likeness (QED) is 0.376. The van der Waals surface area contributed by atoms with Gasteiger partial charge in [0, 0.05) is 18.0 Å². The van der Waals surface area contributed by atoms with E-state index >= 15 is 0 Å². The molecule has 0 aliphatic carbocycles. The highest BCUT2D eigenvalue weighted by Gasteiger charge is 2.20. The number of tetrazole rings is 1. The molecule has 0 amide bonds. The first-order valence-electron chi connectivity index (χ1n) is 10.1. The Kier molecular flexibility index (Phi) is 5.14. The van der Waals surface area contributed by atoms with Gasteiger partial charge in [0.25, 0.3) is 5.88 Å². The number of hydrogen-bond acceptors (Lipinski definition) is 7. The second-order valence-electron chi connectivity index (χ2n) is 7.71. The number of imidazole rings is 1. The molecule has 0 aliphatic heterocycles. The maximum absolute atomic E-state index is 10.4. The Balaban J connectivity index is 1.53. The lowest BCUT2D eigenvalue weighted by Gasteiger charge is -2.13. The number of H-pyrrole nitrogens is 1. The van der Waals surface area contributed by atoms with Gasteiger partial charge in [-0.05, 0) is 43.0 Å². The predicted octanol–water partition coefficient (Wildman–Crippen LogP) is 4.31. The molecule has 0 saturated carbocycles. The van der Waals surface area contributed by atoms with E-state index in [1.54, 1.807) is 0 Å². The number of fused-ring (bicyclic) bond motifs is 1. The first kappa shape index (κ1) is 20.3. The molecule has 0 fully saturated rings. The topological polar surface area (TPSA) is 118 Å². The zero-order valence-corrected chi connectivity index (χ0v) is 18.9. The molecule has 2 N–H and O–H groups in total. The van der Waals surface area contributed by atoms with Gasteiger partial charge in [0.05, 0.1) is 0 Å². The molecule has 3 aromatic heterocycles. The number of rotatable bonds is 5. The van der Waals surface area contributed by atoms with E-state index in [1.165, 1.54) is 0 Å². The molecular formula is C22H19BrN8O. The number of aromatic hydroxyl groups is 1. The molecule has 0 aliphatic rings. The van der Waals surface area contributed by atoms with Crippen LogP contribution in [-0.4, -0.2) is 45.5 Å². The highest BCUT2D eigenvalue weighted by molar-refractivity contribution is 9.10. The molecule has 0 spiro atoms. The number of nitrogens with zero attached hydrogens (tertiary/aromatic N) is 7. The van der Waals surface area contributed by atoms with E-state index in [-0.39, 0.29) is 11.8 Å². The van der Waals surface area contributed by atoms with Gasteiger partial charge in [-0.25, -0.2) is 10.1 Å². The first-order chi connectivity index (χ1) is 15.5. The summed E-state index contributed by atoms with van der Waals surface area (Å²) < 4.78 is 2.51. The van der Waals surface area contributed by atoms with Crippen molar-refractivity contribution in [3.05, 3.63) is 64.5 Å². The summed E-state index contributed by atoms with van der Waals surface area (Å²) in [6, 6.07) is 16.3. The summed E-state index contributed by atoms with van der Waals surface area (Å²) in [7, 11) is 0. The van der Waals surface area contributed by atoms with Gasteiger partial charge in [-0.15, -0.1) is 15.3 Å². The van der Waals surface area contributed by atoms with Crippen molar-refractivity contribution in [2.24, 2.45) is 0 Å². The minimum atomic E-state index is -0.131. The highest BCUT2D eigenvalue weighted by Crippen LogP contribution is 2.32. The molecular weight excluding hydrogens is 472 g/mol. The van der Waals surface area contributed by atoms with Crippen LogP contribution in [0.5, 0.6) is 5.88 Å².